The Bertz CT molecular complexity index is 825. The molecule has 2 N–H and O–H groups in total. The van der Waals surface area contributed by atoms with Crippen molar-refractivity contribution in [3.05, 3.63) is 53.1 Å². The second-order valence-electron chi connectivity index (χ2n) is 7.56. The van der Waals surface area contributed by atoms with Gasteiger partial charge in [-0.3, -0.25) is 4.79 Å². The van der Waals surface area contributed by atoms with Crippen LogP contribution in [0.25, 0.3) is 0 Å². The van der Waals surface area contributed by atoms with Gasteiger partial charge in [0, 0.05) is 24.9 Å². The van der Waals surface area contributed by atoms with Crippen LogP contribution in [0.5, 0.6) is 0 Å². The summed E-state index contributed by atoms with van der Waals surface area (Å²) in [5.74, 6) is 1.17. The zero-order valence-electron chi connectivity index (χ0n) is 15.4. The summed E-state index contributed by atoms with van der Waals surface area (Å²) in [4.78, 5) is 22.1. The molecule has 1 aromatic carbocycles. The van der Waals surface area contributed by atoms with Crippen LogP contribution in [0.3, 0.4) is 0 Å². The molecule has 28 heavy (non-hydrogen) atoms. The monoisotopic (exact) mass is 392 g/mol. The number of benzene rings is 1. The number of nitrogens with zero attached hydrogens (tertiary/aromatic N) is 2. The van der Waals surface area contributed by atoms with Gasteiger partial charge >= 0.3 is 6.18 Å². The van der Waals surface area contributed by atoms with Crippen molar-refractivity contribution in [1.82, 2.24) is 20.2 Å². The number of imidazole rings is 1. The molecule has 2 saturated heterocycles. The molecule has 0 bridgehead atoms. The van der Waals surface area contributed by atoms with Crippen molar-refractivity contribution in [3.8, 4) is 0 Å². The van der Waals surface area contributed by atoms with Gasteiger partial charge in [-0.15, -0.1) is 0 Å². The van der Waals surface area contributed by atoms with E-state index in [1.54, 1.807) is 11.1 Å². The second kappa shape index (κ2) is 7.58. The molecular formula is C20H23F3N4O. The lowest BCUT2D eigenvalue weighted by molar-refractivity contribution is -0.137. The number of hydrogen-bond acceptors (Lipinski definition) is 3. The summed E-state index contributed by atoms with van der Waals surface area (Å²) in [7, 11) is 0. The molecule has 0 saturated carbocycles. The lowest BCUT2D eigenvalue weighted by Crippen LogP contribution is -2.29. The third-order valence-corrected chi connectivity index (χ3v) is 5.74. The summed E-state index contributed by atoms with van der Waals surface area (Å²) >= 11 is 0. The number of piperidine rings is 1. The summed E-state index contributed by atoms with van der Waals surface area (Å²) in [6.07, 6.45) is 0.0161. The number of carbonyl (C=O) groups excluding carboxylic acids is 1. The molecule has 2 aromatic rings. The van der Waals surface area contributed by atoms with Crippen LogP contribution in [0.1, 0.15) is 58.5 Å². The fraction of sp³-hybridized carbons (Fsp3) is 0.500. The van der Waals surface area contributed by atoms with Crippen molar-refractivity contribution >= 4 is 5.91 Å². The van der Waals surface area contributed by atoms with E-state index in [1.165, 1.54) is 12.1 Å². The van der Waals surface area contributed by atoms with Crippen LogP contribution >= 0.6 is 0 Å². The van der Waals surface area contributed by atoms with Crippen LogP contribution in [-0.2, 0) is 6.18 Å². The van der Waals surface area contributed by atoms with Crippen molar-refractivity contribution < 1.29 is 18.0 Å². The Labute approximate surface area is 161 Å². The quantitative estimate of drug-likeness (QED) is 0.840. The molecule has 1 aromatic heterocycles. The van der Waals surface area contributed by atoms with Gasteiger partial charge in [0.1, 0.15) is 11.5 Å². The van der Waals surface area contributed by atoms with Gasteiger partial charge in [0.05, 0.1) is 11.8 Å². The van der Waals surface area contributed by atoms with Crippen LogP contribution < -0.4 is 5.32 Å². The van der Waals surface area contributed by atoms with E-state index >= 15 is 0 Å². The normalized spacial score (nSPS) is 21.2. The van der Waals surface area contributed by atoms with Gasteiger partial charge in [-0.05, 0) is 50.0 Å². The molecule has 0 aliphatic carbocycles. The number of aromatic amines is 1. The van der Waals surface area contributed by atoms with Gasteiger partial charge in [-0.25, -0.2) is 4.98 Å². The minimum absolute atomic E-state index is 0.0537. The summed E-state index contributed by atoms with van der Waals surface area (Å²) in [6, 6.07) is 5.26. The minimum Gasteiger partial charge on any atom is -0.338 e. The van der Waals surface area contributed by atoms with E-state index in [9.17, 15) is 18.0 Å². The number of carbonyl (C=O) groups is 1. The Morgan fingerprint density at radius 3 is 2.46 bits per heavy atom. The zero-order chi connectivity index (χ0) is 19.7. The number of alkyl halides is 3. The molecule has 8 heteroatoms. The molecule has 0 radical (unpaired) electrons. The van der Waals surface area contributed by atoms with Gasteiger partial charge in [0.2, 0.25) is 0 Å². The lowest BCUT2D eigenvalue weighted by Gasteiger charge is -2.20. The molecule has 0 spiro atoms. The molecule has 5 nitrogen and oxygen atoms in total. The standard InChI is InChI=1S/C20H23F3N4O/c21-20(22,23)16-3-1-13(2-4-16)15-7-10-27(12-15)19(28)17-11-25-18(26-17)14-5-8-24-9-6-14/h1-4,11,14-15,24H,5-10,12H2,(H,25,26). The van der Waals surface area contributed by atoms with Crippen LogP contribution in [0.4, 0.5) is 13.2 Å². The maximum absolute atomic E-state index is 12.8. The van der Waals surface area contributed by atoms with Crippen molar-refractivity contribution in [2.75, 3.05) is 26.2 Å². The number of aromatic nitrogens is 2. The van der Waals surface area contributed by atoms with Crippen LogP contribution in [0.2, 0.25) is 0 Å². The molecular weight excluding hydrogens is 369 g/mol. The molecule has 2 aliphatic rings. The highest BCUT2D eigenvalue weighted by Gasteiger charge is 2.32. The highest BCUT2D eigenvalue weighted by atomic mass is 19.4. The third-order valence-electron chi connectivity index (χ3n) is 5.74. The van der Waals surface area contributed by atoms with Gasteiger partial charge in [0.15, 0.2) is 0 Å². The van der Waals surface area contributed by atoms with Gasteiger partial charge < -0.3 is 15.2 Å². The molecule has 1 atom stereocenters. The number of amides is 1. The first-order valence-corrected chi connectivity index (χ1v) is 9.64. The Kier molecular flexibility index (Phi) is 5.14. The first-order chi connectivity index (χ1) is 13.4. The van der Waals surface area contributed by atoms with Gasteiger partial charge in [-0.2, -0.15) is 13.2 Å². The summed E-state index contributed by atoms with van der Waals surface area (Å²) < 4.78 is 38.2. The fourth-order valence-corrected chi connectivity index (χ4v) is 4.08. The predicted molar refractivity (Wildman–Crippen MR) is 98.1 cm³/mol. The van der Waals surface area contributed by atoms with Gasteiger partial charge in [0.25, 0.3) is 5.91 Å². The molecule has 1 amide bonds. The van der Waals surface area contributed by atoms with E-state index in [0.29, 0.717) is 24.7 Å². The fourth-order valence-electron chi connectivity index (χ4n) is 4.08. The molecule has 150 valence electrons. The number of halogens is 3. The largest absolute Gasteiger partial charge is 0.416 e. The maximum Gasteiger partial charge on any atom is 0.416 e. The molecule has 4 rings (SSSR count). The minimum atomic E-state index is -4.33. The molecule has 2 fully saturated rings. The Balaban J connectivity index is 1.40. The van der Waals surface area contributed by atoms with E-state index in [1.807, 2.05) is 0 Å². The van der Waals surface area contributed by atoms with Crippen molar-refractivity contribution in [2.45, 2.75) is 37.3 Å². The average molecular weight is 392 g/mol. The van der Waals surface area contributed by atoms with E-state index in [2.05, 4.69) is 15.3 Å². The van der Waals surface area contributed by atoms with Crippen LogP contribution in [-0.4, -0.2) is 47.0 Å². The van der Waals surface area contributed by atoms with E-state index in [0.717, 1.165) is 55.9 Å². The van der Waals surface area contributed by atoms with E-state index in [-0.39, 0.29) is 11.8 Å². The van der Waals surface area contributed by atoms with Crippen LogP contribution in [0.15, 0.2) is 30.5 Å². The van der Waals surface area contributed by atoms with Crippen LogP contribution in [0, 0.1) is 0 Å². The number of hydrogen-bond donors (Lipinski definition) is 2. The first-order valence-electron chi connectivity index (χ1n) is 9.64. The lowest BCUT2D eigenvalue weighted by atomic mass is 9.97. The number of rotatable bonds is 3. The summed E-state index contributed by atoms with van der Waals surface area (Å²) in [5, 5.41) is 3.31. The van der Waals surface area contributed by atoms with Crippen molar-refractivity contribution in [1.29, 1.82) is 0 Å². The summed E-state index contributed by atoms with van der Waals surface area (Å²) in [6.45, 7) is 3.00. The van der Waals surface area contributed by atoms with Gasteiger partial charge in [-0.1, -0.05) is 12.1 Å². The molecule has 3 heterocycles. The van der Waals surface area contributed by atoms with Crippen molar-refractivity contribution in [3.63, 3.8) is 0 Å². The number of nitrogens with one attached hydrogen (secondary N) is 2. The SMILES string of the molecule is O=C(c1cnc(C2CCNCC2)[nH]1)N1CCC(c2ccc(C(F)(F)F)cc2)C1. The Morgan fingerprint density at radius 2 is 1.79 bits per heavy atom. The Morgan fingerprint density at radius 1 is 1.07 bits per heavy atom. The highest BCUT2D eigenvalue weighted by Crippen LogP contribution is 2.33. The number of H-pyrrole nitrogens is 1. The summed E-state index contributed by atoms with van der Waals surface area (Å²) in [5.41, 5.74) is 0.676. The maximum atomic E-state index is 12.8. The molecule has 1 unspecified atom stereocenters. The first kappa shape index (κ1) is 19.0. The Hall–Kier alpha value is -2.35. The number of likely N-dealkylation sites (tertiary alicyclic amines) is 1. The topological polar surface area (TPSA) is 61.0 Å². The zero-order valence-corrected chi connectivity index (χ0v) is 15.4. The van der Waals surface area contributed by atoms with E-state index < -0.39 is 11.7 Å². The third kappa shape index (κ3) is 3.92. The highest BCUT2D eigenvalue weighted by molar-refractivity contribution is 5.92. The average Bonchev–Trinajstić information content (AvgIpc) is 3.38. The van der Waals surface area contributed by atoms with E-state index in [4.69, 9.17) is 0 Å². The smallest absolute Gasteiger partial charge is 0.338 e. The van der Waals surface area contributed by atoms with Crippen molar-refractivity contribution in [2.24, 2.45) is 0 Å². The second-order valence-corrected chi connectivity index (χ2v) is 7.56. The predicted octanol–water partition coefficient (Wildman–Crippen LogP) is 3.53. The molecule has 2 aliphatic heterocycles.